The summed E-state index contributed by atoms with van der Waals surface area (Å²) in [6.07, 6.45) is 1.66. The Balaban J connectivity index is 1.62. The average Bonchev–Trinajstić information content (AvgIpc) is 2.78. The summed E-state index contributed by atoms with van der Waals surface area (Å²) in [6.45, 7) is 7.88. The lowest BCUT2D eigenvalue weighted by molar-refractivity contribution is -0.0124. The Kier molecular flexibility index (Phi) is 6.85. The van der Waals surface area contributed by atoms with Gasteiger partial charge in [-0.25, -0.2) is 0 Å². The van der Waals surface area contributed by atoms with E-state index in [0.717, 1.165) is 74.6 Å². The molecule has 2 aromatic carbocycles. The van der Waals surface area contributed by atoms with Crippen LogP contribution in [0.25, 0.3) is 11.1 Å². The fourth-order valence-electron chi connectivity index (χ4n) is 4.53. The fourth-order valence-corrected chi connectivity index (χ4v) is 4.53. The maximum Gasteiger partial charge on any atom is 0.0745 e. The number of anilines is 4. The van der Waals surface area contributed by atoms with Gasteiger partial charge >= 0.3 is 0 Å². The summed E-state index contributed by atoms with van der Waals surface area (Å²) in [7, 11) is 0. The van der Waals surface area contributed by atoms with E-state index in [1.54, 1.807) is 6.92 Å². The second-order valence-corrected chi connectivity index (χ2v) is 8.66. The van der Waals surface area contributed by atoms with Crippen molar-refractivity contribution in [1.82, 2.24) is 5.32 Å². The van der Waals surface area contributed by atoms with Crippen molar-refractivity contribution >= 4 is 22.7 Å². The second kappa shape index (κ2) is 9.77. The molecule has 1 unspecified atom stereocenters. The van der Waals surface area contributed by atoms with Gasteiger partial charge in [-0.15, -0.1) is 0 Å². The molecule has 0 amide bonds. The van der Waals surface area contributed by atoms with Crippen molar-refractivity contribution in [2.24, 2.45) is 0 Å². The van der Waals surface area contributed by atoms with Crippen LogP contribution in [-0.4, -0.2) is 63.2 Å². The largest absolute Gasteiger partial charge is 0.399 e. The average molecular weight is 426 g/mol. The first-order valence-electron chi connectivity index (χ1n) is 11.3. The van der Waals surface area contributed by atoms with E-state index in [0.29, 0.717) is 6.61 Å². The number of aliphatic hydroxyl groups is 1. The number of rotatable bonds is 6. The third kappa shape index (κ3) is 5.23. The topological polar surface area (TPSA) is 100 Å². The van der Waals surface area contributed by atoms with E-state index in [2.05, 4.69) is 39.4 Å². The Hall–Kier alpha value is -2.48. The van der Waals surface area contributed by atoms with E-state index in [1.165, 1.54) is 11.4 Å². The van der Waals surface area contributed by atoms with Crippen molar-refractivity contribution in [1.29, 1.82) is 0 Å². The fraction of sp³-hybridized carbons (Fsp3) is 0.500. The lowest BCUT2D eigenvalue weighted by Gasteiger charge is -2.36. The van der Waals surface area contributed by atoms with Crippen molar-refractivity contribution in [3.05, 3.63) is 36.4 Å². The number of piperazine rings is 1. The number of nitrogens with zero attached hydrogens (tertiary/aromatic N) is 2. The van der Waals surface area contributed by atoms with Gasteiger partial charge in [-0.05, 0) is 56.2 Å². The highest BCUT2D eigenvalue weighted by Gasteiger charge is 2.24. The molecule has 0 spiro atoms. The van der Waals surface area contributed by atoms with Crippen LogP contribution in [0, 0.1) is 0 Å². The summed E-state index contributed by atoms with van der Waals surface area (Å²) in [6, 6.07) is 12.4. The van der Waals surface area contributed by atoms with Crippen molar-refractivity contribution in [2.45, 2.75) is 32.0 Å². The molecule has 0 saturated carbocycles. The molecule has 0 aromatic heterocycles. The Morgan fingerprint density at radius 3 is 1.97 bits per heavy atom. The molecule has 0 radical (unpaired) electrons. The Morgan fingerprint density at radius 1 is 0.935 bits per heavy atom. The van der Waals surface area contributed by atoms with E-state index in [-0.39, 0.29) is 6.10 Å². The summed E-state index contributed by atoms with van der Waals surface area (Å²) in [5.41, 5.74) is 18.6. The van der Waals surface area contributed by atoms with Crippen LogP contribution in [0.15, 0.2) is 36.4 Å². The number of aliphatic hydroxyl groups excluding tert-OH is 1. The lowest BCUT2D eigenvalue weighted by Crippen LogP contribution is -2.43. The van der Waals surface area contributed by atoms with E-state index in [4.69, 9.17) is 16.2 Å². The van der Waals surface area contributed by atoms with Crippen LogP contribution in [-0.2, 0) is 4.74 Å². The molecule has 2 fully saturated rings. The Morgan fingerprint density at radius 2 is 1.45 bits per heavy atom. The van der Waals surface area contributed by atoms with Gasteiger partial charge in [0, 0.05) is 73.1 Å². The number of nitrogen functional groups attached to an aromatic ring is 2. The minimum atomic E-state index is -0.423. The van der Waals surface area contributed by atoms with Crippen LogP contribution >= 0.6 is 0 Å². The van der Waals surface area contributed by atoms with Gasteiger partial charge in [-0.2, -0.15) is 0 Å². The zero-order valence-corrected chi connectivity index (χ0v) is 18.4. The molecule has 7 nitrogen and oxygen atoms in total. The number of hydrogen-bond acceptors (Lipinski definition) is 7. The van der Waals surface area contributed by atoms with Gasteiger partial charge in [0.1, 0.15) is 0 Å². The van der Waals surface area contributed by atoms with E-state index in [1.807, 2.05) is 12.1 Å². The molecular weight excluding hydrogens is 390 g/mol. The van der Waals surface area contributed by atoms with Crippen LogP contribution in [0.5, 0.6) is 0 Å². The Labute approximate surface area is 185 Å². The predicted octanol–water partition coefficient (Wildman–Crippen LogP) is 2.29. The molecular formula is C24H35N5O2. The molecule has 2 heterocycles. The number of ether oxygens (including phenoxy) is 1. The van der Waals surface area contributed by atoms with Crippen molar-refractivity contribution in [3.63, 3.8) is 0 Å². The minimum Gasteiger partial charge on any atom is -0.399 e. The van der Waals surface area contributed by atoms with Crippen molar-refractivity contribution < 1.29 is 9.84 Å². The van der Waals surface area contributed by atoms with E-state index >= 15 is 0 Å². The number of piperidine rings is 1. The van der Waals surface area contributed by atoms with Gasteiger partial charge in [0.15, 0.2) is 0 Å². The zero-order chi connectivity index (χ0) is 21.8. The monoisotopic (exact) mass is 425 g/mol. The van der Waals surface area contributed by atoms with E-state index in [9.17, 15) is 5.11 Å². The van der Waals surface area contributed by atoms with Crippen molar-refractivity contribution in [2.75, 3.05) is 67.1 Å². The number of nitrogens with one attached hydrogen (secondary N) is 1. The maximum absolute atomic E-state index is 9.49. The maximum atomic E-state index is 9.49. The summed E-state index contributed by atoms with van der Waals surface area (Å²) in [5.74, 6) is 0. The van der Waals surface area contributed by atoms with Crippen LogP contribution in [0.2, 0.25) is 0 Å². The third-order valence-corrected chi connectivity index (χ3v) is 6.14. The summed E-state index contributed by atoms with van der Waals surface area (Å²) in [4.78, 5) is 4.84. The summed E-state index contributed by atoms with van der Waals surface area (Å²) >= 11 is 0. The molecule has 0 aliphatic carbocycles. The highest BCUT2D eigenvalue weighted by Crippen LogP contribution is 2.40. The zero-order valence-electron chi connectivity index (χ0n) is 18.4. The predicted molar refractivity (Wildman–Crippen MR) is 129 cm³/mol. The Bertz CT molecular complexity index is 874. The number of nitrogens with two attached hydrogens (primary N) is 2. The molecule has 6 N–H and O–H groups in total. The summed E-state index contributed by atoms with van der Waals surface area (Å²) in [5, 5.41) is 12.9. The van der Waals surface area contributed by atoms with Crippen LogP contribution < -0.4 is 26.6 Å². The highest BCUT2D eigenvalue weighted by atomic mass is 16.5. The quantitative estimate of drug-likeness (QED) is 0.527. The molecule has 2 aliphatic rings. The standard InChI is InChI=1S/C24H35N5O2/c1-17(30)16-31-20-6-10-28(11-7-20)23-4-2-18(25)14-21(23)22-15-19(26)3-5-24(22)29-12-8-27-9-13-29/h2-5,14-15,17,20,27,30H,6-13,16,25-26H2,1H3. The van der Waals surface area contributed by atoms with Gasteiger partial charge in [-0.1, -0.05) is 0 Å². The van der Waals surface area contributed by atoms with Crippen LogP contribution in [0.1, 0.15) is 19.8 Å². The summed E-state index contributed by atoms with van der Waals surface area (Å²) < 4.78 is 5.85. The molecule has 2 saturated heterocycles. The van der Waals surface area contributed by atoms with Crippen molar-refractivity contribution in [3.8, 4) is 11.1 Å². The molecule has 31 heavy (non-hydrogen) atoms. The smallest absolute Gasteiger partial charge is 0.0745 e. The highest BCUT2D eigenvalue weighted by molar-refractivity contribution is 5.90. The molecule has 4 rings (SSSR count). The second-order valence-electron chi connectivity index (χ2n) is 8.66. The molecule has 1 atom stereocenters. The molecule has 0 bridgehead atoms. The van der Waals surface area contributed by atoms with Gasteiger partial charge in [-0.3, -0.25) is 0 Å². The SMILES string of the molecule is CC(O)COC1CCN(c2ccc(N)cc2-c2cc(N)ccc2N2CCNCC2)CC1. The number of hydrogen-bond donors (Lipinski definition) is 4. The lowest BCUT2D eigenvalue weighted by atomic mass is 9.97. The normalized spacial score (nSPS) is 18.9. The molecule has 7 heteroatoms. The molecule has 2 aliphatic heterocycles. The third-order valence-electron chi connectivity index (χ3n) is 6.14. The molecule has 2 aromatic rings. The van der Waals surface area contributed by atoms with Gasteiger partial charge in [0.05, 0.1) is 18.8 Å². The number of benzene rings is 2. The van der Waals surface area contributed by atoms with Crippen LogP contribution in [0.3, 0.4) is 0 Å². The molecule has 168 valence electrons. The van der Waals surface area contributed by atoms with Gasteiger partial charge < -0.3 is 36.4 Å². The van der Waals surface area contributed by atoms with Crippen LogP contribution in [0.4, 0.5) is 22.7 Å². The van der Waals surface area contributed by atoms with E-state index < -0.39 is 6.10 Å². The van der Waals surface area contributed by atoms with Gasteiger partial charge in [0.25, 0.3) is 0 Å². The first-order valence-corrected chi connectivity index (χ1v) is 11.3. The minimum absolute atomic E-state index is 0.201. The first-order chi connectivity index (χ1) is 15.0. The van der Waals surface area contributed by atoms with Gasteiger partial charge in [0.2, 0.25) is 0 Å². The first kappa shape index (κ1) is 21.7.